The Balaban J connectivity index is 2.49. The summed E-state index contributed by atoms with van der Waals surface area (Å²) < 4.78 is 0. The van der Waals surface area contributed by atoms with Crippen molar-refractivity contribution in [1.82, 2.24) is 4.90 Å². The number of likely N-dealkylation sites (tertiary alicyclic amines) is 1. The van der Waals surface area contributed by atoms with Gasteiger partial charge in [-0.3, -0.25) is 0 Å². The number of carboxylic acids is 1. The number of piperidine rings is 1. The number of hydrogen-bond donors (Lipinski definition) is 1. The molecule has 1 fully saturated rings. The molecule has 0 aromatic carbocycles. The van der Waals surface area contributed by atoms with Gasteiger partial charge >= 0.3 is 5.97 Å². The van der Waals surface area contributed by atoms with E-state index in [1.807, 2.05) is 6.92 Å². The van der Waals surface area contributed by atoms with Crippen LogP contribution in [0.15, 0.2) is 11.8 Å². The van der Waals surface area contributed by atoms with E-state index in [9.17, 15) is 4.79 Å². The fourth-order valence-electron chi connectivity index (χ4n) is 1.52. The minimum atomic E-state index is -0.849. The maximum atomic E-state index is 10.3. The molecular weight excluding hydrogens is 154 g/mol. The van der Waals surface area contributed by atoms with Gasteiger partial charge in [0.25, 0.3) is 0 Å². The molecule has 68 valence electrons. The SMILES string of the molecule is C/C(=C/C(=O)O)N1CCCCC1. The maximum absolute atomic E-state index is 10.3. The highest BCUT2D eigenvalue weighted by molar-refractivity contribution is 5.80. The van der Waals surface area contributed by atoms with E-state index in [2.05, 4.69) is 4.90 Å². The smallest absolute Gasteiger partial charge is 0.330 e. The molecule has 12 heavy (non-hydrogen) atoms. The standard InChI is InChI=1S/C9H15NO2/c1-8(7-9(11)12)10-5-3-2-4-6-10/h7H,2-6H2,1H3,(H,11,12)/b8-7-. The van der Waals surface area contributed by atoms with Crippen LogP contribution in [0.1, 0.15) is 26.2 Å². The fourth-order valence-corrected chi connectivity index (χ4v) is 1.52. The Morgan fingerprint density at radius 3 is 2.42 bits per heavy atom. The lowest BCUT2D eigenvalue weighted by atomic mass is 10.1. The molecule has 0 radical (unpaired) electrons. The first-order valence-electron chi connectivity index (χ1n) is 4.36. The second kappa shape index (κ2) is 4.14. The van der Waals surface area contributed by atoms with Crippen molar-refractivity contribution in [2.75, 3.05) is 13.1 Å². The number of aliphatic carboxylic acids is 1. The van der Waals surface area contributed by atoms with Crippen molar-refractivity contribution >= 4 is 5.97 Å². The molecule has 3 nitrogen and oxygen atoms in total. The molecule has 1 saturated heterocycles. The van der Waals surface area contributed by atoms with Crippen LogP contribution in [0.25, 0.3) is 0 Å². The molecule has 0 atom stereocenters. The molecule has 0 bridgehead atoms. The highest BCUT2D eigenvalue weighted by Crippen LogP contribution is 2.13. The summed E-state index contributed by atoms with van der Waals surface area (Å²) in [6.07, 6.45) is 4.93. The van der Waals surface area contributed by atoms with Gasteiger partial charge in [-0.25, -0.2) is 4.79 Å². The fraction of sp³-hybridized carbons (Fsp3) is 0.667. The average Bonchev–Trinajstić information content (AvgIpc) is 2.05. The second-order valence-corrected chi connectivity index (χ2v) is 3.17. The van der Waals surface area contributed by atoms with Gasteiger partial charge in [-0.1, -0.05) is 0 Å². The van der Waals surface area contributed by atoms with Crippen LogP contribution < -0.4 is 0 Å². The lowest BCUT2D eigenvalue weighted by molar-refractivity contribution is -0.131. The number of nitrogens with zero attached hydrogens (tertiary/aromatic N) is 1. The van der Waals surface area contributed by atoms with Gasteiger partial charge in [0.15, 0.2) is 0 Å². The Labute approximate surface area is 72.7 Å². The molecule has 0 amide bonds. The van der Waals surface area contributed by atoms with Crippen LogP contribution in [-0.2, 0) is 4.79 Å². The van der Waals surface area contributed by atoms with E-state index in [1.54, 1.807) is 0 Å². The molecule has 0 aromatic rings. The molecule has 0 spiro atoms. The van der Waals surface area contributed by atoms with Crippen LogP contribution in [0.2, 0.25) is 0 Å². The van der Waals surface area contributed by atoms with Crippen LogP contribution in [0.4, 0.5) is 0 Å². The predicted molar refractivity (Wildman–Crippen MR) is 46.8 cm³/mol. The lowest BCUT2D eigenvalue weighted by Gasteiger charge is -2.28. The highest BCUT2D eigenvalue weighted by Gasteiger charge is 2.10. The molecular formula is C9H15NO2. The Morgan fingerprint density at radius 2 is 1.92 bits per heavy atom. The van der Waals surface area contributed by atoms with E-state index in [-0.39, 0.29) is 0 Å². The van der Waals surface area contributed by atoms with Crippen LogP contribution in [0, 0.1) is 0 Å². The minimum Gasteiger partial charge on any atom is -0.478 e. The number of rotatable bonds is 2. The summed E-state index contributed by atoms with van der Waals surface area (Å²) in [4.78, 5) is 12.5. The summed E-state index contributed by atoms with van der Waals surface area (Å²) >= 11 is 0. The van der Waals surface area contributed by atoms with E-state index in [4.69, 9.17) is 5.11 Å². The van der Waals surface area contributed by atoms with Crippen LogP contribution in [0.3, 0.4) is 0 Å². The molecule has 0 aliphatic carbocycles. The number of allylic oxidation sites excluding steroid dienone is 1. The van der Waals surface area contributed by atoms with Crippen molar-refractivity contribution in [2.24, 2.45) is 0 Å². The quantitative estimate of drug-likeness (QED) is 0.636. The van der Waals surface area contributed by atoms with Crippen molar-refractivity contribution in [3.05, 3.63) is 11.8 Å². The molecule has 1 aliphatic rings. The maximum Gasteiger partial charge on any atom is 0.330 e. The predicted octanol–water partition coefficient (Wildman–Crippen LogP) is 1.46. The third-order valence-corrected chi connectivity index (χ3v) is 2.19. The summed E-state index contributed by atoms with van der Waals surface area (Å²) in [5.41, 5.74) is 0.877. The van der Waals surface area contributed by atoms with E-state index < -0.39 is 5.97 Å². The summed E-state index contributed by atoms with van der Waals surface area (Å²) in [7, 11) is 0. The first-order chi connectivity index (χ1) is 5.70. The zero-order chi connectivity index (χ0) is 8.97. The van der Waals surface area contributed by atoms with Crippen LogP contribution in [-0.4, -0.2) is 29.1 Å². The lowest BCUT2D eigenvalue weighted by Crippen LogP contribution is -2.28. The van der Waals surface area contributed by atoms with Crippen molar-refractivity contribution in [3.8, 4) is 0 Å². The van der Waals surface area contributed by atoms with E-state index in [0.29, 0.717) is 0 Å². The van der Waals surface area contributed by atoms with Crippen molar-refractivity contribution in [1.29, 1.82) is 0 Å². The number of hydrogen-bond acceptors (Lipinski definition) is 2. The normalized spacial score (nSPS) is 19.4. The minimum absolute atomic E-state index is 0.849. The van der Waals surface area contributed by atoms with Gasteiger partial charge in [-0.2, -0.15) is 0 Å². The molecule has 0 unspecified atom stereocenters. The van der Waals surface area contributed by atoms with Crippen LogP contribution in [0.5, 0.6) is 0 Å². The molecule has 1 N–H and O–H groups in total. The van der Waals surface area contributed by atoms with Crippen molar-refractivity contribution in [2.45, 2.75) is 26.2 Å². The molecule has 1 aliphatic heterocycles. The van der Waals surface area contributed by atoms with Gasteiger partial charge in [-0.05, 0) is 26.2 Å². The van der Waals surface area contributed by atoms with Gasteiger partial charge in [0.05, 0.1) is 0 Å². The largest absolute Gasteiger partial charge is 0.478 e. The van der Waals surface area contributed by atoms with Gasteiger partial charge < -0.3 is 10.0 Å². The summed E-state index contributed by atoms with van der Waals surface area (Å²) in [6, 6.07) is 0. The molecule has 3 heteroatoms. The summed E-state index contributed by atoms with van der Waals surface area (Å²) in [6.45, 7) is 3.88. The van der Waals surface area contributed by atoms with E-state index >= 15 is 0 Å². The topological polar surface area (TPSA) is 40.5 Å². The van der Waals surface area contributed by atoms with Gasteiger partial charge in [0.1, 0.15) is 0 Å². The van der Waals surface area contributed by atoms with Crippen molar-refractivity contribution < 1.29 is 9.90 Å². The Morgan fingerprint density at radius 1 is 1.33 bits per heavy atom. The first kappa shape index (κ1) is 9.10. The number of carboxylic acid groups (broad SMARTS) is 1. The zero-order valence-corrected chi connectivity index (χ0v) is 7.42. The molecule has 0 aromatic heterocycles. The zero-order valence-electron chi connectivity index (χ0n) is 7.42. The Hall–Kier alpha value is -0.990. The molecule has 1 rings (SSSR count). The van der Waals surface area contributed by atoms with Gasteiger partial charge in [-0.15, -0.1) is 0 Å². The van der Waals surface area contributed by atoms with Crippen LogP contribution >= 0.6 is 0 Å². The summed E-state index contributed by atoms with van der Waals surface area (Å²) in [5.74, 6) is -0.849. The highest BCUT2D eigenvalue weighted by atomic mass is 16.4. The third kappa shape index (κ3) is 2.57. The Bertz CT molecular complexity index is 193. The second-order valence-electron chi connectivity index (χ2n) is 3.17. The summed E-state index contributed by atoms with van der Waals surface area (Å²) in [5, 5.41) is 8.51. The number of carbonyl (C=O) groups is 1. The monoisotopic (exact) mass is 169 g/mol. The van der Waals surface area contributed by atoms with E-state index in [1.165, 1.54) is 25.3 Å². The first-order valence-corrected chi connectivity index (χ1v) is 4.36. The third-order valence-electron chi connectivity index (χ3n) is 2.19. The van der Waals surface area contributed by atoms with Gasteiger partial charge in [0, 0.05) is 24.9 Å². The molecule has 1 heterocycles. The van der Waals surface area contributed by atoms with Gasteiger partial charge in [0.2, 0.25) is 0 Å². The van der Waals surface area contributed by atoms with E-state index in [0.717, 1.165) is 18.8 Å². The Kier molecular flexibility index (Phi) is 3.14. The molecule has 0 saturated carbocycles. The average molecular weight is 169 g/mol. The van der Waals surface area contributed by atoms with Crippen molar-refractivity contribution in [3.63, 3.8) is 0 Å².